The fourth-order valence-corrected chi connectivity index (χ4v) is 2.01. The van der Waals surface area contributed by atoms with Crippen molar-refractivity contribution in [2.45, 2.75) is 19.8 Å². The van der Waals surface area contributed by atoms with E-state index in [4.69, 9.17) is 4.74 Å². The van der Waals surface area contributed by atoms with Gasteiger partial charge in [0, 0.05) is 5.56 Å². The predicted octanol–water partition coefficient (Wildman–Crippen LogP) is 3.68. The van der Waals surface area contributed by atoms with Crippen LogP contribution in [0.2, 0.25) is 0 Å². The van der Waals surface area contributed by atoms with Crippen LogP contribution < -0.4 is 0 Å². The van der Waals surface area contributed by atoms with Crippen molar-refractivity contribution in [2.75, 3.05) is 6.61 Å². The molecule has 108 valence electrons. The molecule has 21 heavy (non-hydrogen) atoms. The van der Waals surface area contributed by atoms with Crippen LogP contribution in [0.1, 0.15) is 39.6 Å². The Morgan fingerprint density at radius 2 is 1.52 bits per heavy atom. The third kappa shape index (κ3) is 4.56. The van der Waals surface area contributed by atoms with Gasteiger partial charge in [-0.2, -0.15) is 0 Å². The fourth-order valence-electron chi connectivity index (χ4n) is 2.01. The lowest BCUT2D eigenvalue weighted by Crippen LogP contribution is -2.07. The van der Waals surface area contributed by atoms with Crippen LogP contribution in [0.4, 0.5) is 0 Å². The molecule has 2 aromatic carbocycles. The Hall–Kier alpha value is -2.42. The second-order valence-electron chi connectivity index (χ2n) is 4.86. The number of carbonyl (C=O) groups is 2. The standard InChI is InChI=1S/C18H18O3/c1-14(19)16-9-11-17(12-10-16)18(20)21-13-5-8-15-6-3-2-4-7-15/h2-4,6-7,9-12H,5,8,13H2,1H3. The average molecular weight is 282 g/mol. The topological polar surface area (TPSA) is 43.4 Å². The number of esters is 1. The molecule has 0 aliphatic heterocycles. The highest BCUT2D eigenvalue weighted by Gasteiger charge is 2.07. The van der Waals surface area contributed by atoms with Crippen molar-refractivity contribution in [3.63, 3.8) is 0 Å². The maximum Gasteiger partial charge on any atom is 0.338 e. The second-order valence-corrected chi connectivity index (χ2v) is 4.86. The summed E-state index contributed by atoms with van der Waals surface area (Å²) in [5.74, 6) is -0.365. The van der Waals surface area contributed by atoms with Gasteiger partial charge < -0.3 is 4.74 Å². The summed E-state index contributed by atoms with van der Waals surface area (Å²) < 4.78 is 5.23. The number of ether oxygens (including phenoxy) is 1. The molecular formula is C18H18O3. The molecule has 0 unspecified atom stereocenters. The third-order valence-corrected chi connectivity index (χ3v) is 3.21. The first-order chi connectivity index (χ1) is 10.2. The molecule has 0 aromatic heterocycles. The van der Waals surface area contributed by atoms with Crippen LogP contribution in [0.25, 0.3) is 0 Å². The van der Waals surface area contributed by atoms with Gasteiger partial charge in [0.25, 0.3) is 0 Å². The van der Waals surface area contributed by atoms with Crippen LogP contribution in [0, 0.1) is 0 Å². The SMILES string of the molecule is CC(=O)c1ccc(C(=O)OCCCc2ccccc2)cc1. The molecular weight excluding hydrogens is 264 g/mol. The minimum absolute atomic E-state index is 0.0159. The summed E-state index contributed by atoms with van der Waals surface area (Å²) in [4.78, 5) is 23.0. The predicted molar refractivity (Wildman–Crippen MR) is 81.5 cm³/mol. The largest absolute Gasteiger partial charge is 0.462 e. The van der Waals surface area contributed by atoms with Gasteiger partial charge in [-0.05, 0) is 37.5 Å². The summed E-state index contributed by atoms with van der Waals surface area (Å²) in [5.41, 5.74) is 2.30. The van der Waals surface area contributed by atoms with E-state index in [0.717, 1.165) is 12.8 Å². The molecule has 0 radical (unpaired) electrons. The smallest absolute Gasteiger partial charge is 0.338 e. The van der Waals surface area contributed by atoms with Crippen LogP contribution in [0.15, 0.2) is 54.6 Å². The first kappa shape index (κ1) is 15.0. The van der Waals surface area contributed by atoms with E-state index in [0.29, 0.717) is 17.7 Å². The third-order valence-electron chi connectivity index (χ3n) is 3.21. The van der Waals surface area contributed by atoms with E-state index in [-0.39, 0.29) is 11.8 Å². The van der Waals surface area contributed by atoms with Crippen LogP contribution in [0.5, 0.6) is 0 Å². The van der Waals surface area contributed by atoms with Crippen molar-refractivity contribution < 1.29 is 14.3 Å². The molecule has 0 atom stereocenters. The van der Waals surface area contributed by atoms with E-state index in [1.807, 2.05) is 18.2 Å². The van der Waals surface area contributed by atoms with Crippen molar-refractivity contribution >= 4 is 11.8 Å². The van der Waals surface area contributed by atoms with E-state index < -0.39 is 0 Å². The lowest BCUT2D eigenvalue weighted by Gasteiger charge is -2.05. The number of benzene rings is 2. The van der Waals surface area contributed by atoms with Crippen molar-refractivity contribution in [3.05, 3.63) is 71.3 Å². The van der Waals surface area contributed by atoms with Crippen molar-refractivity contribution in [2.24, 2.45) is 0 Å². The van der Waals surface area contributed by atoms with Crippen LogP contribution in [-0.4, -0.2) is 18.4 Å². The molecule has 0 saturated carbocycles. The summed E-state index contributed by atoms with van der Waals surface area (Å²) in [7, 11) is 0. The van der Waals surface area contributed by atoms with E-state index in [9.17, 15) is 9.59 Å². The number of hydrogen-bond acceptors (Lipinski definition) is 3. The van der Waals surface area contributed by atoms with Crippen molar-refractivity contribution in [1.29, 1.82) is 0 Å². The second kappa shape index (κ2) is 7.39. The van der Waals surface area contributed by atoms with Gasteiger partial charge in [0.05, 0.1) is 12.2 Å². The van der Waals surface area contributed by atoms with Crippen LogP contribution in [0.3, 0.4) is 0 Å². The zero-order valence-electron chi connectivity index (χ0n) is 12.0. The molecule has 2 aromatic rings. The van der Waals surface area contributed by atoms with Gasteiger partial charge in [-0.3, -0.25) is 4.79 Å². The van der Waals surface area contributed by atoms with E-state index >= 15 is 0 Å². The molecule has 0 N–H and O–H groups in total. The van der Waals surface area contributed by atoms with Gasteiger partial charge in [-0.25, -0.2) is 4.79 Å². The molecule has 0 aliphatic carbocycles. The lowest BCUT2D eigenvalue weighted by atomic mass is 10.1. The summed E-state index contributed by atoms with van der Waals surface area (Å²) in [6.45, 7) is 1.89. The molecule has 0 spiro atoms. The molecule has 0 bridgehead atoms. The van der Waals surface area contributed by atoms with E-state index in [2.05, 4.69) is 12.1 Å². The van der Waals surface area contributed by atoms with Crippen LogP contribution in [-0.2, 0) is 11.2 Å². The molecule has 0 saturated heterocycles. The first-order valence-corrected chi connectivity index (χ1v) is 6.99. The number of aryl methyl sites for hydroxylation is 1. The van der Waals surface area contributed by atoms with Crippen molar-refractivity contribution in [1.82, 2.24) is 0 Å². The summed E-state index contributed by atoms with van der Waals surface area (Å²) in [6.07, 6.45) is 1.68. The molecule has 0 heterocycles. The number of hydrogen-bond donors (Lipinski definition) is 0. The zero-order chi connectivity index (χ0) is 15.1. The maximum atomic E-state index is 11.8. The highest BCUT2D eigenvalue weighted by atomic mass is 16.5. The van der Waals surface area contributed by atoms with E-state index in [1.54, 1.807) is 24.3 Å². The summed E-state index contributed by atoms with van der Waals surface area (Å²) >= 11 is 0. The molecule has 0 amide bonds. The average Bonchev–Trinajstić information content (AvgIpc) is 2.52. The van der Waals surface area contributed by atoms with Crippen LogP contribution >= 0.6 is 0 Å². The molecule has 0 fully saturated rings. The number of rotatable bonds is 6. The number of ketones is 1. The number of carbonyl (C=O) groups excluding carboxylic acids is 2. The normalized spacial score (nSPS) is 10.1. The zero-order valence-corrected chi connectivity index (χ0v) is 12.0. The van der Waals surface area contributed by atoms with Gasteiger partial charge in [0.15, 0.2) is 5.78 Å². The van der Waals surface area contributed by atoms with Gasteiger partial charge in [0.2, 0.25) is 0 Å². The molecule has 0 aliphatic rings. The molecule has 3 heteroatoms. The Labute approximate surface area is 124 Å². The highest BCUT2D eigenvalue weighted by Crippen LogP contribution is 2.08. The number of Topliss-reactive ketones (excluding diaryl/α,β-unsaturated/α-hetero) is 1. The molecule has 2 rings (SSSR count). The monoisotopic (exact) mass is 282 g/mol. The van der Waals surface area contributed by atoms with Gasteiger partial charge >= 0.3 is 5.97 Å². The Kier molecular flexibility index (Phi) is 5.27. The first-order valence-electron chi connectivity index (χ1n) is 6.99. The maximum absolute atomic E-state index is 11.8. The minimum atomic E-state index is -0.349. The Bertz CT molecular complexity index is 600. The quantitative estimate of drug-likeness (QED) is 0.461. The van der Waals surface area contributed by atoms with Gasteiger partial charge in [0.1, 0.15) is 0 Å². The summed E-state index contributed by atoms with van der Waals surface area (Å²) in [5, 5.41) is 0. The minimum Gasteiger partial charge on any atom is -0.462 e. The fraction of sp³-hybridized carbons (Fsp3) is 0.222. The van der Waals surface area contributed by atoms with Gasteiger partial charge in [-0.1, -0.05) is 42.5 Å². The highest BCUT2D eigenvalue weighted by molar-refractivity contribution is 5.96. The Balaban J connectivity index is 1.78. The summed E-state index contributed by atoms with van der Waals surface area (Å²) in [6, 6.07) is 16.6. The Morgan fingerprint density at radius 3 is 2.14 bits per heavy atom. The van der Waals surface area contributed by atoms with E-state index in [1.165, 1.54) is 12.5 Å². The van der Waals surface area contributed by atoms with Crippen molar-refractivity contribution in [3.8, 4) is 0 Å². The Morgan fingerprint density at radius 1 is 0.905 bits per heavy atom. The van der Waals surface area contributed by atoms with Gasteiger partial charge in [-0.15, -0.1) is 0 Å². The molecule has 3 nitrogen and oxygen atoms in total. The lowest BCUT2D eigenvalue weighted by molar-refractivity contribution is 0.0500.